The van der Waals surface area contributed by atoms with Crippen LogP contribution in [0.3, 0.4) is 0 Å². The van der Waals surface area contributed by atoms with Crippen LogP contribution in [-0.2, 0) is 9.47 Å². The lowest BCUT2D eigenvalue weighted by molar-refractivity contribution is -0.0761. The Morgan fingerprint density at radius 1 is 1.38 bits per heavy atom. The van der Waals surface area contributed by atoms with E-state index in [2.05, 4.69) is 11.1 Å². The van der Waals surface area contributed by atoms with Crippen LogP contribution >= 0.6 is 0 Å². The van der Waals surface area contributed by atoms with Crippen LogP contribution in [0.1, 0.15) is 0 Å². The summed E-state index contributed by atoms with van der Waals surface area (Å²) in [6, 6.07) is 2.10. The summed E-state index contributed by atoms with van der Waals surface area (Å²) in [7, 11) is 2.84. The number of nitrogens with two attached hydrogens (primary N) is 2. The van der Waals surface area contributed by atoms with E-state index in [1.165, 1.54) is 26.5 Å². The van der Waals surface area contributed by atoms with Crippen molar-refractivity contribution in [2.75, 3.05) is 14.2 Å². The molecule has 0 fully saturated rings. The Bertz CT molecular complexity index is 775. The summed E-state index contributed by atoms with van der Waals surface area (Å²) >= 11 is 0. The van der Waals surface area contributed by atoms with Gasteiger partial charge in [-0.3, -0.25) is 10.8 Å². The zero-order valence-corrected chi connectivity index (χ0v) is 13.3. The maximum Gasteiger partial charge on any atom is 0.201 e. The lowest BCUT2D eigenvalue weighted by Gasteiger charge is -2.30. The summed E-state index contributed by atoms with van der Waals surface area (Å²) in [6.45, 7) is 0. The minimum Gasteiger partial charge on any atom is -0.404 e. The van der Waals surface area contributed by atoms with Gasteiger partial charge in [-0.15, -0.1) is 0 Å². The van der Waals surface area contributed by atoms with E-state index >= 15 is 0 Å². The number of nitrogens with zero attached hydrogens (tertiary/aromatic N) is 2. The van der Waals surface area contributed by atoms with Gasteiger partial charge in [-0.05, 0) is 11.6 Å². The number of methoxy groups -OCH3 is 2. The normalized spacial score (nSPS) is 22.8. The maximum atomic E-state index is 9.69. The van der Waals surface area contributed by atoms with E-state index in [0.29, 0.717) is 11.1 Å². The topological polar surface area (TPSA) is 154 Å². The number of rotatable bonds is 4. The number of nitrogens with one attached hydrogen (secondary N) is 2. The molecule has 8 nitrogen and oxygen atoms in total. The summed E-state index contributed by atoms with van der Waals surface area (Å²) in [4.78, 5) is 4.20. The van der Waals surface area contributed by atoms with E-state index in [4.69, 9.17) is 31.8 Å². The Kier molecular flexibility index (Phi) is 5.08. The second kappa shape index (κ2) is 7.04. The molecular weight excluding hydrogens is 308 g/mol. The van der Waals surface area contributed by atoms with Crippen molar-refractivity contribution in [3.8, 4) is 6.07 Å². The molecule has 6 N–H and O–H groups in total. The molecule has 0 aromatic carbocycles. The molecule has 0 bridgehead atoms. The van der Waals surface area contributed by atoms with Crippen molar-refractivity contribution >= 4 is 17.3 Å². The van der Waals surface area contributed by atoms with Gasteiger partial charge in [0.15, 0.2) is 0 Å². The van der Waals surface area contributed by atoms with Crippen LogP contribution in [0, 0.1) is 28.1 Å². The van der Waals surface area contributed by atoms with Gasteiger partial charge in [0, 0.05) is 26.0 Å². The van der Waals surface area contributed by atoms with E-state index in [9.17, 15) is 5.26 Å². The van der Waals surface area contributed by atoms with Gasteiger partial charge in [0.2, 0.25) is 6.29 Å². The Hall–Kier alpha value is -3.02. The molecule has 124 valence electrons. The van der Waals surface area contributed by atoms with Crippen molar-refractivity contribution in [3.05, 3.63) is 46.8 Å². The molecule has 1 aliphatic heterocycles. The number of allylic oxidation sites excluding steroid dienone is 5. The van der Waals surface area contributed by atoms with Crippen LogP contribution in [0.5, 0.6) is 0 Å². The van der Waals surface area contributed by atoms with Crippen molar-refractivity contribution in [2.45, 2.75) is 6.29 Å². The SMILES string of the molecule is COC(OC)C1=C(C#N)C(C2=CC=CC(=N)C2=N)/C(=C/N)C(N)=N1. The first-order valence-corrected chi connectivity index (χ1v) is 7.02. The quantitative estimate of drug-likeness (QED) is 0.443. The first-order valence-electron chi connectivity index (χ1n) is 7.02. The second-order valence-electron chi connectivity index (χ2n) is 5.04. The molecule has 1 heterocycles. The third-order valence-electron chi connectivity index (χ3n) is 3.77. The molecule has 8 heteroatoms. The van der Waals surface area contributed by atoms with Gasteiger partial charge in [0.1, 0.15) is 11.5 Å². The Balaban J connectivity index is 2.70. The predicted molar refractivity (Wildman–Crippen MR) is 90.5 cm³/mol. The lowest BCUT2D eigenvalue weighted by Crippen LogP contribution is -2.35. The zero-order chi connectivity index (χ0) is 17.9. The molecule has 24 heavy (non-hydrogen) atoms. The second-order valence-corrected chi connectivity index (χ2v) is 5.04. The molecule has 0 saturated carbocycles. The van der Waals surface area contributed by atoms with Crippen LogP contribution < -0.4 is 11.5 Å². The van der Waals surface area contributed by atoms with E-state index in [1.54, 1.807) is 12.2 Å². The average Bonchev–Trinajstić information content (AvgIpc) is 2.58. The molecule has 0 amide bonds. The molecule has 2 aliphatic rings. The summed E-state index contributed by atoms with van der Waals surface area (Å²) in [5.41, 5.74) is 13.0. The maximum absolute atomic E-state index is 9.69. The minimum absolute atomic E-state index is 0.00460. The number of hydrogen-bond donors (Lipinski definition) is 4. The van der Waals surface area contributed by atoms with Gasteiger partial charge >= 0.3 is 0 Å². The molecule has 0 spiro atoms. The monoisotopic (exact) mass is 326 g/mol. The third-order valence-corrected chi connectivity index (χ3v) is 3.77. The molecule has 1 unspecified atom stereocenters. The highest BCUT2D eigenvalue weighted by atomic mass is 16.7. The Morgan fingerprint density at radius 2 is 2.04 bits per heavy atom. The molecule has 0 radical (unpaired) electrons. The fourth-order valence-corrected chi connectivity index (χ4v) is 2.64. The number of aliphatic imine (C=N–C) groups is 1. The van der Waals surface area contributed by atoms with Crippen LogP contribution in [0.15, 0.2) is 51.8 Å². The number of ether oxygens (including phenoxy) is 2. The van der Waals surface area contributed by atoms with Gasteiger partial charge in [0.25, 0.3) is 0 Å². The molecule has 0 aromatic rings. The fraction of sp³-hybridized carbons (Fsp3) is 0.250. The molecule has 2 rings (SSSR count). The van der Waals surface area contributed by atoms with Gasteiger partial charge in [-0.25, -0.2) is 4.99 Å². The lowest BCUT2D eigenvalue weighted by atomic mass is 9.77. The molecule has 1 aliphatic carbocycles. The van der Waals surface area contributed by atoms with Crippen molar-refractivity contribution in [3.63, 3.8) is 0 Å². The number of hydrogen-bond acceptors (Lipinski definition) is 8. The van der Waals surface area contributed by atoms with Crippen LogP contribution in [0.4, 0.5) is 0 Å². The van der Waals surface area contributed by atoms with Crippen molar-refractivity contribution in [1.82, 2.24) is 0 Å². The van der Waals surface area contributed by atoms with E-state index < -0.39 is 12.2 Å². The number of nitriles is 1. The van der Waals surface area contributed by atoms with Crippen LogP contribution in [0.25, 0.3) is 0 Å². The highest BCUT2D eigenvalue weighted by Crippen LogP contribution is 2.37. The molecule has 0 aromatic heterocycles. The van der Waals surface area contributed by atoms with Gasteiger partial charge in [-0.2, -0.15) is 5.26 Å². The van der Waals surface area contributed by atoms with Crippen molar-refractivity contribution < 1.29 is 9.47 Å². The smallest absolute Gasteiger partial charge is 0.201 e. The van der Waals surface area contributed by atoms with E-state index in [0.717, 1.165) is 0 Å². The van der Waals surface area contributed by atoms with Crippen LogP contribution in [-0.4, -0.2) is 37.8 Å². The van der Waals surface area contributed by atoms with Crippen molar-refractivity contribution in [2.24, 2.45) is 22.4 Å². The van der Waals surface area contributed by atoms with Crippen molar-refractivity contribution in [1.29, 1.82) is 16.1 Å². The van der Waals surface area contributed by atoms with Gasteiger partial charge in [-0.1, -0.05) is 12.2 Å². The van der Waals surface area contributed by atoms with E-state index in [-0.39, 0.29) is 28.5 Å². The van der Waals surface area contributed by atoms with Crippen LogP contribution in [0.2, 0.25) is 0 Å². The summed E-state index contributed by atoms with van der Waals surface area (Å²) in [6.07, 6.45) is 5.19. The number of amidine groups is 1. The highest BCUT2D eigenvalue weighted by Gasteiger charge is 2.37. The average molecular weight is 326 g/mol. The Labute approximate surface area is 139 Å². The molecule has 1 atom stereocenters. The summed E-state index contributed by atoms with van der Waals surface area (Å²) in [5.74, 6) is -0.594. The zero-order valence-electron chi connectivity index (χ0n) is 13.3. The third kappa shape index (κ3) is 2.78. The molecule has 0 saturated heterocycles. The van der Waals surface area contributed by atoms with Gasteiger partial charge in [0.05, 0.1) is 29.0 Å². The summed E-state index contributed by atoms with van der Waals surface area (Å²) < 4.78 is 10.4. The molecular formula is C16H18N6O2. The fourth-order valence-electron chi connectivity index (χ4n) is 2.64. The Morgan fingerprint density at radius 3 is 2.58 bits per heavy atom. The summed E-state index contributed by atoms with van der Waals surface area (Å²) in [5, 5.41) is 25.7. The first-order chi connectivity index (χ1) is 11.5. The largest absolute Gasteiger partial charge is 0.404 e. The first kappa shape index (κ1) is 17.3. The minimum atomic E-state index is -0.881. The highest BCUT2D eigenvalue weighted by molar-refractivity contribution is 6.51. The van der Waals surface area contributed by atoms with Gasteiger partial charge < -0.3 is 20.9 Å². The van der Waals surface area contributed by atoms with E-state index in [1.807, 2.05) is 0 Å². The standard InChI is InChI=1S/C16H18N6O2/c1-23-16(24-2)14-9(6-17)12(10(7-18)15(21)22-14)8-4-3-5-11(19)13(8)20/h3-5,7,12,16,19-20H,18H2,1-2H3,(H2,21,22)/b10-7-,19-11?,20-13?. The predicted octanol–water partition coefficient (Wildman–Crippen LogP) is 0.748.